The summed E-state index contributed by atoms with van der Waals surface area (Å²) in [6.07, 6.45) is 0.808. The molecular formula is C26H27FN6O. The van der Waals surface area contributed by atoms with E-state index in [0.29, 0.717) is 31.0 Å². The van der Waals surface area contributed by atoms with Crippen LogP contribution in [0.25, 0.3) is 16.7 Å². The fraction of sp³-hybridized carbons (Fsp3) is 0.308. The number of benzene rings is 2. The maximum atomic E-state index is 13.3. The summed E-state index contributed by atoms with van der Waals surface area (Å²) in [5, 5.41) is 5.73. The van der Waals surface area contributed by atoms with Gasteiger partial charge in [-0.2, -0.15) is 5.10 Å². The smallest absolute Gasteiger partial charge is 0.253 e. The van der Waals surface area contributed by atoms with Crippen molar-refractivity contribution in [2.45, 2.75) is 27.2 Å². The highest BCUT2D eigenvalue weighted by Crippen LogP contribution is 2.29. The van der Waals surface area contributed by atoms with Gasteiger partial charge >= 0.3 is 0 Å². The summed E-state index contributed by atoms with van der Waals surface area (Å²) in [6, 6.07) is 14.0. The molecule has 0 N–H and O–H groups in total. The number of nitrogens with zero attached hydrogens (tertiary/aromatic N) is 6. The first-order valence-corrected chi connectivity index (χ1v) is 11.5. The molecule has 0 aliphatic carbocycles. The van der Waals surface area contributed by atoms with Gasteiger partial charge in [0.05, 0.1) is 16.8 Å². The van der Waals surface area contributed by atoms with Gasteiger partial charge in [-0.25, -0.2) is 19.0 Å². The Balaban J connectivity index is 1.45. The third-order valence-corrected chi connectivity index (χ3v) is 6.25. The zero-order valence-corrected chi connectivity index (χ0v) is 19.6. The van der Waals surface area contributed by atoms with Gasteiger partial charge in [0.25, 0.3) is 5.91 Å². The van der Waals surface area contributed by atoms with Gasteiger partial charge < -0.3 is 9.80 Å². The van der Waals surface area contributed by atoms with Crippen LogP contribution in [0.1, 0.15) is 33.9 Å². The van der Waals surface area contributed by atoms with E-state index in [1.807, 2.05) is 35.6 Å². The molecule has 4 aromatic rings. The topological polar surface area (TPSA) is 67.2 Å². The number of hydrogen-bond acceptors (Lipinski definition) is 5. The molecule has 1 aliphatic rings. The second-order valence-electron chi connectivity index (χ2n) is 8.77. The molecule has 0 bridgehead atoms. The summed E-state index contributed by atoms with van der Waals surface area (Å²) < 4.78 is 15.1. The zero-order chi connectivity index (χ0) is 23.8. The molecule has 1 amide bonds. The third kappa shape index (κ3) is 4.11. The summed E-state index contributed by atoms with van der Waals surface area (Å²) in [5.41, 5.74) is 4.30. The van der Waals surface area contributed by atoms with Gasteiger partial charge in [-0.1, -0.05) is 17.7 Å². The van der Waals surface area contributed by atoms with Gasteiger partial charge in [-0.15, -0.1) is 0 Å². The quantitative estimate of drug-likeness (QED) is 0.460. The van der Waals surface area contributed by atoms with Crippen molar-refractivity contribution >= 4 is 22.8 Å². The van der Waals surface area contributed by atoms with Crippen LogP contribution in [0.5, 0.6) is 0 Å². The molecule has 174 valence electrons. The molecule has 0 unspecified atom stereocenters. The highest BCUT2D eigenvalue weighted by molar-refractivity contribution is 5.94. The molecule has 8 heteroatoms. The predicted molar refractivity (Wildman–Crippen MR) is 130 cm³/mol. The van der Waals surface area contributed by atoms with Gasteiger partial charge in [-0.05, 0) is 63.6 Å². The minimum Gasteiger partial charge on any atom is -0.354 e. The molecule has 7 nitrogen and oxygen atoms in total. The second-order valence-corrected chi connectivity index (χ2v) is 8.77. The van der Waals surface area contributed by atoms with E-state index in [1.54, 1.807) is 12.1 Å². The zero-order valence-electron chi connectivity index (χ0n) is 19.6. The van der Waals surface area contributed by atoms with Crippen LogP contribution in [0, 0.1) is 26.6 Å². The Hall–Kier alpha value is -3.81. The second kappa shape index (κ2) is 8.85. The molecule has 1 fully saturated rings. The lowest BCUT2D eigenvalue weighted by Crippen LogP contribution is -2.35. The fourth-order valence-corrected chi connectivity index (χ4v) is 4.47. The number of aryl methyl sites for hydroxylation is 3. The summed E-state index contributed by atoms with van der Waals surface area (Å²) >= 11 is 0. The van der Waals surface area contributed by atoms with E-state index in [1.165, 1.54) is 17.7 Å². The van der Waals surface area contributed by atoms with Crippen LogP contribution in [0.15, 0.2) is 48.5 Å². The summed E-state index contributed by atoms with van der Waals surface area (Å²) in [6.45, 7) is 8.56. The van der Waals surface area contributed by atoms with Crippen molar-refractivity contribution < 1.29 is 9.18 Å². The number of halogens is 1. The first-order chi connectivity index (χ1) is 16.4. The van der Waals surface area contributed by atoms with Crippen LogP contribution in [0.2, 0.25) is 0 Å². The van der Waals surface area contributed by atoms with Crippen molar-refractivity contribution in [3.8, 4) is 5.69 Å². The maximum absolute atomic E-state index is 13.3. The molecule has 1 aliphatic heterocycles. The van der Waals surface area contributed by atoms with Crippen LogP contribution in [0.4, 0.5) is 10.2 Å². The standard InChI is InChI=1S/C26H27FN6O/c1-17-5-11-22(12-6-17)33-25-23(18(2)30-33)24(28-19(3)29-25)31-13-4-14-32(16-15-31)26(34)20-7-9-21(27)10-8-20/h5-12H,4,13-16H2,1-3H3. The first kappa shape index (κ1) is 22.0. The van der Waals surface area contributed by atoms with Crippen molar-refractivity contribution in [2.24, 2.45) is 0 Å². The van der Waals surface area contributed by atoms with E-state index >= 15 is 0 Å². The SMILES string of the molecule is Cc1ccc(-n2nc(C)c3c(N4CCCN(C(=O)c5ccc(F)cc5)CC4)nc(C)nc32)cc1. The normalized spacial score (nSPS) is 14.5. The maximum Gasteiger partial charge on any atom is 0.253 e. The third-order valence-electron chi connectivity index (χ3n) is 6.25. The van der Waals surface area contributed by atoms with Crippen LogP contribution in [-0.2, 0) is 0 Å². The van der Waals surface area contributed by atoms with Crippen LogP contribution in [-0.4, -0.2) is 56.7 Å². The summed E-state index contributed by atoms with van der Waals surface area (Å²) in [7, 11) is 0. The van der Waals surface area contributed by atoms with Crippen molar-refractivity contribution in [2.75, 3.05) is 31.1 Å². The Morgan fingerprint density at radius 2 is 1.62 bits per heavy atom. The minimum absolute atomic E-state index is 0.0748. The van der Waals surface area contributed by atoms with E-state index in [2.05, 4.69) is 24.0 Å². The van der Waals surface area contributed by atoms with Crippen LogP contribution >= 0.6 is 0 Å². The van der Waals surface area contributed by atoms with Gasteiger partial charge in [0, 0.05) is 31.7 Å². The number of anilines is 1. The average Bonchev–Trinajstić information content (AvgIpc) is 2.99. The van der Waals surface area contributed by atoms with E-state index in [-0.39, 0.29) is 11.7 Å². The summed E-state index contributed by atoms with van der Waals surface area (Å²) in [5.74, 6) is 1.12. The Kier molecular flexibility index (Phi) is 5.73. The Labute approximate surface area is 197 Å². The molecule has 34 heavy (non-hydrogen) atoms. The van der Waals surface area contributed by atoms with Gasteiger partial charge in [0.15, 0.2) is 5.65 Å². The molecule has 1 saturated heterocycles. The van der Waals surface area contributed by atoms with E-state index in [4.69, 9.17) is 15.1 Å². The van der Waals surface area contributed by atoms with E-state index < -0.39 is 0 Å². The number of aromatic nitrogens is 4. The van der Waals surface area contributed by atoms with Crippen molar-refractivity contribution in [3.05, 3.63) is 77.0 Å². The van der Waals surface area contributed by atoms with Crippen molar-refractivity contribution in [3.63, 3.8) is 0 Å². The number of amides is 1. The van der Waals surface area contributed by atoms with E-state index in [0.717, 1.165) is 41.2 Å². The monoisotopic (exact) mass is 458 g/mol. The lowest BCUT2D eigenvalue weighted by Gasteiger charge is -2.24. The van der Waals surface area contributed by atoms with Gasteiger partial charge in [0.2, 0.25) is 0 Å². The lowest BCUT2D eigenvalue weighted by atomic mass is 10.2. The highest BCUT2D eigenvalue weighted by atomic mass is 19.1. The van der Waals surface area contributed by atoms with Gasteiger partial charge in [0.1, 0.15) is 17.5 Å². The molecule has 0 atom stereocenters. The number of fused-ring (bicyclic) bond motifs is 1. The molecule has 0 radical (unpaired) electrons. The largest absolute Gasteiger partial charge is 0.354 e. The Bertz CT molecular complexity index is 1350. The molecule has 2 aromatic heterocycles. The molecule has 2 aromatic carbocycles. The molecule has 0 spiro atoms. The van der Waals surface area contributed by atoms with Crippen molar-refractivity contribution in [1.82, 2.24) is 24.6 Å². The molecule has 0 saturated carbocycles. The van der Waals surface area contributed by atoms with Crippen molar-refractivity contribution in [1.29, 1.82) is 0 Å². The van der Waals surface area contributed by atoms with Crippen LogP contribution in [0.3, 0.4) is 0 Å². The molecule has 3 heterocycles. The fourth-order valence-electron chi connectivity index (χ4n) is 4.47. The first-order valence-electron chi connectivity index (χ1n) is 11.5. The minimum atomic E-state index is -0.344. The number of carbonyl (C=O) groups excluding carboxylic acids is 1. The number of hydrogen-bond donors (Lipinski definition) is 0. The lowest BCUT2D eigenvalue weighted by molar-refractivity contribution is 0.0767. The average molecular weight is 459 g/mol. The molecule has 5 rings (SSSR count). The predicted octanol–water partition coefficient (Wildman–Crippen LogP) is 4.23. The number of carbonyl (C=O) groups is 1. The summed E-state index contributed by atoms with van der Waals surface area (Å²) in [4.78, 5) is 26.6. The van der Waals surface area contributed by atoms with E-state index in [9.17, 15) is 9.18 Å². The molecular weight excluding hydrogens is 431 g/mol. The van der Waals surface area contributed by atoms with Gasteiger partial charge in [-0.3, -0.25) is 4.79 Å². The Morgan fingerprint density at radius 3 is 2.35 bits per heavy atom. The highest BCUT2D eigenvalue weighted by Gasteiger charge is 2.25. The number of rotatable bonds is 3. The Morgan fingerprint density at radius 1 is 0.882 bits per heavy atom. The van der Waals surface area contributed by atoms with Crippen LogP contribution < -0.4 is 4.90 Å².